The second-order valence-corrected chi connectivity index (χ2v) is 5.62. The Bertz CT molecular complexity index is 497. The maximum absolute atomic E-state index is 11.1. The van der Waals surface area contributed by atoms with E-state index in [1.807, 2.05) is 4.90 Å². The molecule has 0 bridgehead atoms. The van der Waals surface area contributed by atoms with Crippen LogP contribution in [-0.4, -0.2) is 60.7 Å². The minimum atomic E-state index is -0.357. The van der Waals surface area contributed by atoms with Gasteiger partial charge in [0.05, 0.1) is 11.5 Å². The zero-order valence-electron chi connectivity index (χ0n) is 12.0. The van der Waals surface area contributed by atoms with E-state index in [1.165, 1.54) is 6.07 Å². The summed E-state index contributed by atoms with van der Waals surface area (Å²) in [6.45, 7) is 6.22. The van der Waals surface area contributed by atoms with E-state index in [9.17, 15) is 10.1 Å². The predicted molar refractivity (Wildman–Crippen MR) is 78.5 cm³/mol. The molecule has 2 saturated heterocycles. The number of hydrogen-bond donors (Lipinski definition) is 0. The minimum absolute atomic E-state index is 0.0927. The molecule has 0 aliphatic carbocycles. The van der Waals surface area contributed by atoms with Crippen LogP contribution in [0.5, 0.6) is 0 Å². The van der Waals surface area contributed by atoms with Gasteiger partial charge in [-0.05, 0) is 18.4 Å². The van der Waals surface area contributed by atoms with Gasteiger partial charge in [-0.2, -0.15) is 0 Å². The number of ether oxygens (including phenoxy) is 1. The number of rotatable bonds is 4. The van der Waals surface area contributed by atoms with Crippen LogP contribution in [0.2, 0.25) is 0 Å². The molecule has 0 aromatic carbocycles. The zero-order valence-corrected chi connectivity index (χ0v) is 12.0. The van der Waals surface area contributed by atoms with E-state index >= 15 is 0 Å². The lowest BCUT2D eigenvalue weighted by molar-refractivity contribution is -0.384. The van der Waals surface area contributed by atoms with Crippen LogP contribution in [0.3, 0.4) is 0 Å². The van der Waals surface area contributed by atoms with E-state index < -0.39 is 0 Å². The molecule has 21 heavy (non-hydrogen) atoms. The number of nitrogens with zero attached hydrogens (tertiary/aromatic N) is 4. The molecule has 114 valence electrons. The zero-order chi connectivity index (χ0) is 14.7. The van der Waals surface area contributed by atoms with Crippen LogP contribution < -0.4 is 4.90 Å². The molecule has 0 radical (unpaired) electrons. The van der Waals surface area contributed by atoms with Gasteiger partial charge in [0.2, 0.25) is 5.82 Å². The molecule has 7 heteroatoms. The number of piperazine rings is 1. The van der Waals surface area contributed by atoms with E-state index in [0.717, 1.165) is 52.4 Å². The highest BCUT2D eigenvalue weighted by molar-refractivity contribution is 5.57. The Morgan fingerprint density at radius 1 is 1.38 bits per heavy atom. The first kappa shape index (κ1) is 14.2. The van der Waals surface area contributed by atoms with Crippen molar-refractivity contribution >= 4 is 11.5 Å². The van der Waals surface area contributed by atoms with E-state index in [0.29, 0.717) is 11.7 Å². The van der Waals surface area contributed by atoms with Crippen LogP contribution in [0.1, 0.15) is 6.42 Å². The number of hydrogen-bond acceptors (Lipinski definition) is 6. The maximum Gasteiger partial charge on any atom is 0.311 e. The minimum Gasteiger partial charge on any atom is -0.381 e. The molecule has 0 amide bonds. The molecule has 2 fully saturated rings. The number of nitro groups is 1. The van der Waals surface area contributed by atoms with Gasteiger partial charge in [0, 0.05) is 51.6 Å². The fourth-order valence-corrected chi connectivity index (χ4v) is 3.01. The smallest absolute Gasteiger partial charge is 0.311 e. The van der Waals surface area contributed by atoms with Crippen molar-refractivity contribution in [3.05, 3.63) is 28.4 Å². The summed E-state index contributed by atoms with van der Waals surface area (Å²) in [5, 5.41) is 11.1. The van der Waals surface area contributed by atoms with Crippen molar-refractivity contribution in [3.63, 3.8) is 0 Å². The van der Waals surface area contributed by atoms with Crippen LogP contribution in [0.25, 0.3) is 0 Å². The first-order chi connectivity index (χ1) is 10.2. The third kappa shape index (κ3) is 3.30. The summed E-state index contributed by atoms with van der Waals surface area (Å²) < 4.78 is 5.41. The largest absolute Gasteiger partial charge is 0.381 e. The number of aromatic nitrogens is 1. The van der Waals surface area contributed by atoms with Crippen molar-refractivity contribution in [1.29, 1.82) is 0 Å². The summed E-state index contributed by atoms with van der Waals surface area (Å²) in [4.78, 5) is 19.3. The second kappa shape index (κ2) is 6.36. The molecule has 7 nitrogen and oxygen atoms in total. The Morgan fingerprint density at radius 3 is 2.86 bits per heavy atom. The average Bonchev–Trinajstić information content (AvgIpc) is 3.01. The Balaban J connectivity index is 1.59. The highest BCUT2D eigenvalue weighted by atomic mass is 16.6. The third-order valence-electron chi connectivity index (χ3n) is 4.17. The van der Waals surface area contributed by atoms with E-state index in [1.54, 1.807) is 12.3 Å². The van der Waals surface area contributed by atoms with Crippen LogP contribution in [0.15, 0.2) is 18.3 Å². The quantitative estimate of drug-likeness (QED) is 0.612. The van der Waals surface area contributed by atoms with Crippen molar-refractivity contribution in [2.45, 2.75) is 6.42 Å². The lowest BCUT2D eigenvalue weighted by Gasteiger charge is -2.36. The SMILES string of the molecule is O=[N+]([O-])c1cccnc1N1CCN(CC2CCOC2)CC1. The molecule has 1 aromatic rings. The second-order valence-electron chi connectivity index (χ2n) is 5.62. The van der Waals surface area contributed by atoms with Gasteiger partial charge in [-0.25, -0.2) is 4.98 Å². The van der Waals surface area contributed by atoms with E-state index in [-0.39, 0.29) is 10.6 Å². The van der Waals surface area contributed by atoms with Crippen LogP contribution in [0, 0.1) is 16.0 Å². The first-order valence-corrected chi connectivity index (χ1v) is 7.38. The fraction of sp³-hybridized carbons (Fsp3) is 0.643. The van der Waals surface area contributed by atoms with Crippen LogP contribution in [0.4, 0.5) is 11.5 Å². The van der Waals surface area contributed by atoms with Crippen molar-refractivity contribution in [2.75, 3.05) is 50.8 Å². The van der Waals surface area contributed by atoms with Crippen LogP contribution >= 0.6 is 0 Å². The summed E-state index contributed by atoms with van der Waals surface area (Å²) in [6.07, 6.45) is 2.76. The van der Waals surface area contributed by atoms with Gasteiger partial charge >= 0.3 is 5.69 Å². The van der Waals surface area contributed by atoms with Crippen molar-refractivity contribution in [1.82, 2.24) is 9.88 Å². The molecule has 0 spiro atoms. The Labute approximate surface area is 123 Å². The van der Waals surface area contributed by atoms with Gasteiger partial charge in [-0.15, -0.1) is 0 Å². The molecule has 3 heterocycles. The molecule has 1 atom stereocenters. The van der Waals surface area contributed by atoms with Crippen molar-refractivity contribution in [2.24, 2.45) is 5.92 Å². The van der Waals surface area contributed by atoms with Crippen LogP contribution in [-0.2, 0) is 4.74 Å². The summed E-state index contributed by atoms with van der Waals surface area (Å²) in [7, 11) is 0. The molecular formula is C14H20N4O3. The monoisotopic (exact) mass is 292 g/mol. The Kier molecular flexibility index (Phi) is 4.31. The molecule has 3 rings (SSSR count). The number of anilines is 1. The van der Waals surface area contributed by atoms with Gasteiger partial charge in [-0.1, -0.05) is 0 Å². The van der Waals surface area contributed by atoms with Gasteiger partial charge < -0.3 is 9.64 Å². The summed E-state index contributed by atoms with van der Waals surface area (Å²) in [6, 6.07) is 3.13. The lowest BCUT2D eigenvalue weighted by Crippen LogP contribution is -2.48. The first-order valence-electron chi connectivity index (χ1n) is 7.38. The van der Waals surface area contributed by atoms with Gasteiger partial charge in [0.25, 0.3) is 0 Å². The van der Waals surface area contributed by atoms with Gasteiger partial charge in [0.15, 0.2) is 0 Å². The third-order valence-corrected chi connectivity index (χ3v) is 4.17. The molecule has 1 aromatic heterocycles. The fourth-order valence-electron chi connectivity index (χ4n) is 3.01. The molecule has 2 aliphatic heterocycles. The summed E-state index contributed by atoms with van der Waals surface area (Å²) in [5.74, 6) is 1.13. The molecule has 1 unspecified atom stereocenters. The molecule has 0 saturated carbocycles. The van der Waals surface area contributed by atoms with Crippen molar-refractivity contribution < 1.29 is 9.66 Å². The molecule has 2 aliphatic rings. The summed E-state index contributed by atoms with van der Waals surface area (Å²) in [5.41, 5.74) is 0.0927. The molecule has 0 N–H and O–H groups in total. The standard InChI is InChI=1S/C14H20N4O3/c19-18(20)13-2-1-4-15-14(13)17-7-5-16(6-8-17)10-12-3-9-21-11-12/h1-2,4,12H,3,5-11H2. The van der Waals surface area contributed by atoms with E-state index in [2.05, 4.69) is 9.88 Å². The maximum atomic E-state index is 11.1. The summed E-state index contributed by atoms with van der Waals surface area (Å²) >= 11 is 0. The average molecular weight is 292 g/mol. The Morgan fingerprint density at radius 2 is 2.19 bits per heavy atom. The molecular weight excluding hydrogens is 272 g/mol. The van der Waals surface area contributed by atoms with Gasteiger partial charge in [0.1, 0.15) is 0 Å². The topological polar surface area (TPSA) is 71.7 Å². The van der Waals surface area contributed by atoms with Gasteiger partial charge in [-0.3, -0.25) is 15.0 Å². The Hall–Kier alpha value is -1.73. The number of pyridine rings is 1. The predicted octanol–water partition coefficient (Wildman–Crippen LogP) is 1.15. The van der Waals surface area contributed by atoms with Crippen molar-refractivity contribution in [3.8, 4) is 0 Å². The normalized spacial score (nSPS) is 23.4. The van der Waals surface area contributed by atoms with E-state index in [4.69, 9.17) is 4.74 Å². The highest BCUT2D eigenvalue weighted by Crippen LogP contribution is 2.26. The highest BCUT2D eigenvalue weighted by Gasteiger charge is 2.26. The lowest BCUT2D eigenvalue weighted by atomic mass is 10.1.